The average Bonchev–Trinajstić information content (AvgIpc) is 2.75. The fourth-order valence-electron chi connectivity index (χ4n) is 3.18. The summed E-state index contributed by atoms with van der Waals surface area (Å²) < 4.78 is 5.72. The number of pyridine rings is 1. The van der Waals surface area contributed by atoms with Crippen molar-refractivity contribution in [1.29, 1.82) is 0 Å². The summed E-state index contributed by atoms with van der Waals surface area (Å²) in [7, 11) is 0. The lowest BCUT2D eigenvalue weighted by atomic mass is 10.1. The topological polar surface area (TPSA) is 78.8 Å². The number of aromatic nitrogens is 1. The van der Waals surface area contributed by atoms with E-state index in [-0.39, 0.29) is 6.10 Å². The molecule has 0 aliphatic rings. The number of fused-ring (bicyclic) bond motifs is 1. The lowest BCUT2D eigenvalue weighted by Crippen LogP contribution is -2.39. The Hall–Kier alpha value is -3.12. The smallest absolute Gasteiger partial charge is 0.191 e. The number of guanidine groups is 1. The highest BCUT2D eigenvalue weighted by molar-refractivity contribution is 5.83. The molecule has 6 heteroatoms. The van der Waals surface area contributed by atoms with Crippen LogP contribution in [-0.2, 0) is 6.54 Å². The molecule has 0 aliphatic heterocycles. The summed E-state index contributed by atoms with van der Waals surface area (Å²) in [5, 5.41) is 18.2. The van der Waals surface area contributed by atoms with Gasteiger partial charge in [0.05, 0.1) is 24.3 Å². The van der Waals surface area contributed by atoms with E-state index < -0.39 is 6.10 Å². The third-order valence-electron chi connectivity index (χ3n) is 4.55. The fourth-order valence-corrected chi connectivity index (χ4v) is 3.18. The molecule has 0 saturated carbocycles. The summed E-state index contributed by atoms with van der Waals surface area (Å²) >= 11 is 0. The molecule has 0 saturated heterocycles. The molecule has 1 aromatic heterocycles. The number of aliphatic imine (C=N–C) groups is 1. The molecule has 3 aromatic rings. The van der Waals surface area contributed by atoms with Crippen LogP contribution in [0.2, 0.25) is 0 Å². The molecule has 1 heterocycles. The molecule has 0 bridgehead atoms. The maximum atomic E-state index is 10.6. The van der Waals surface area contributed by atoms with Gasteiger partial charge in [0.1, 0.15) is 5.75 Å². The van der Waals surface area contributed by atoms with Crippen molar-refractivity contribution in [3.05, 3.63) is 71.9 Å². The minimum Gasteiger partial charge on any atom is -0.491 e. The van der Waals surface area contributed by atoms with E-state index in [0.717, 1.165) is 34.3 Å². The van der Waals surface area contributed by atoms with Gasteiger partial charge < -0.3 is 20.5 Å². The molecule has 0 aliphatic carbocycles. The second-order valence-electron chi connectivity index (χ2n) is 7.32. The summed E-state index contributed by atoms with van der Waals surface area (Å²) in [6.45, 7) is 7.54. The second kappa shape index (κ2) is 10.6. The summed E-state index contributed by atoms with van der Waals surface area (Å²) in [4.78, 5) is 9.16. The van der Waals surface area contributed by atoms with Crippen molar-refractivity contribution in [3.8, 4) is 5.75 Å². The zero-order valence-electron chi connectivity index (χ0n) is 17.8. The van der Waals surface area contributed by atoms with E-state index in [4.69, 9.17) is 4.74 Å². The first kappa shape index (κ1) is 21.6. The Balaban J connectivity index is 1.66. The van der Waals surface area contributed by atoms with Gasteiger partial charge in [0, 0.05) is 24.7 Å². The molecule has 158 valence electrons. The Morgan fingerprint density at radius 1 is 1.10 bits per heavy atom. The molecular weight excluding hydrogens is 376 g/mol. The Bertz CT molecular complexity index is 982. The van der Waals surface area contributed by atoms with Crippen molar-refractivity contribution in [2.45, 2.75) is 39.5 Å². The van der Waals surface area contributed by atoms with E-state index in [1.165, 1.54) is 0 Å². The van der Waals surface area contributed by atoms with Crippen LogP contribution in [0.3, 0.4) is 0 Å². The monoisotopic (exact) mass is 406 g/mol. The van der Waals surface area contributed by atoms with Gasteiger partial charge in [-0.1, -0.05) is 36.4 Å². The van der Waals surface area contributed by atoms with Crippen LogP contribution < -0.4 is 15.4 Å². The Morgan fingerprint density at radius 3 is 2.70 bits per heavy atom. The Labute approximate surface area is 178 Å². The van der Waals surface area contributed by atoms with Crippen LogP contribution in [0.5, 0.6) is 5.75 Å². The summed E-state index contributed by atoms with van der Waals surface area (Å²) in [6.07, 6.45) is 1.21. The quantitative estimate of drug-likeness (QED) is 0.392. The first-order chi connectivity index (χ1) is 14.6. The number of nitrogens with one attached hydrogen (secondary N) is 2. The minimum atomic E-state index is -0.677. The first-order valence-corrected chi connectivity index (χ1v) is 10.4. The lowest BCUT2D eigenvalue weighted by Gasteiger charge is -2.17. The van der Waals surface area contributed by atoms with Crippen LogP contribution in [0.1, 0.15) is 38.0 Å². The number of aliphatic hydroxyl groups excluding tert-OH is 1. The van der Waals surface area contributed by atoms with Crippen LogP contribution in [-0.4, -0.2) is 35.2 Å². The summed E-state index contributed by atoms with van der Waals surface area (Å²) in [5.74, 6) is 1.41. The highest BCUT2D eigenvalue weighted by Crippen LogP contribution is 2.20. The molecule has 1 atom stereocenters. The van der Waals surface area contributed by atoms with Gasteiger partial charge in [-0.15, -0.1) is 0 Å². The van der Waals surface area contributed by atoms with Gasteiger partial charge in [0.25, 0.3) is 0 Å². The van der Waals surface area contributed by atoms with Gasteiger partial charge in [0.2, 0.25) is 0 Å². The van der Waals surface area contributed by atoms with Gasteiger partial charge >= 0.3 is 0 Å². The number of hydrogen-bond donors (Lipinski definition) is 3. The van der Waals surface area contributed by atoms with Crippen molar-refractivity contribution >= 4 is 16.9 Å². The average molecular weight is 407 g/mol. The number of aliphatic hydroxyl groups is 1. The predicted molar refractivity (Wildman–Crippen MR) is 122 cm³/mol. The molecule has 0 amide bonds. The van der Waals surface area contributed by atoms with Crippen LogP contribution in [0, 0.1) is 0 Å². The number of benzene rings is 2. The minimum absolute atomic E-state index is 0.0894. The number of para-hydroxylation sites is 1. The highest BCUT2D eigenvalue weighted by atomic mass is 16.5. The van der Waals surface area contributed by atoms with Crippen LogP contribution in [0.4, 0.5) is 0 Å². The molecular formula is C24H30N4O2. The van der Waals surface area contributed by atoms with Crippen molar-refractivity contribution in [2.24, 2.45) is 4.99 Å². The van der Waals surface area contributed by atoms with E-state index in [9.17, 15) is 5.11 Å². The SMILES string of the molecule is CCNC(=NCc1cccc2cccnc12)NCC(O)c1cccc(OC(C)C)c1. The fraction of sp³-hybridized carbons (Fsp3) is 0.333. The zero-order chi connectivity index (χ0) is 21.3. The molecule has 6 nitrogen and oxygen atoms in total. The third kappa shape index (κ3) is 5.94. The predicted octanol–water partition coefficient (Wildman–Crippen LogP) is 3.81. The maximum absolute atomic E-state index is 10.6. The molecule has 2 aromatic carbocycles. The molecule has 1 unspecified atom stereocenters. The molecule has 0 spiro atoms. The third-order valence-corrected chi connectivity index (χ3v) is 4.55. The van der Waals surface area contributed by atoms with Gasteiger partial charge in [-0.3, -0.25) is 4.98 Å². The summed E-state index contributed by atoms with van der Waals surface area (Å²) in [6, 6.07) is 17.6. The van der Waals surface area contributed by atoms with E-state index in [1.807, 2.05) is 75.4 Å². The van der Waals surface area contributed by atoms with Gasteiger partial charge in [-0.25, -0.2) is 4.99 Å². The van der Waals surface area contributed by atoms with E-state index in [2.05, 4.69) is 20.6 Å². The normalized spacial score (nSPS) is 12.8. The largest absolute Gasteiger partial charge is 0.491 e. The van der Waals surface area contributed by atoms with Crippen molar-refractivity contribution in [2.75, 3.05) is 13.1 Å². The van der Waals surface area contributed by atoms with Crippen molar-refractivity contribution in [1.82, 2.24) is 15.6 Å². The lowest BCUT2D eigenvalue weighted by molar-refractivity contribution is 0.179. The zero-order valence-corrected chi connectivity index (χ0v) is 17.8. The maximum Gasteiger partial charge on any atom is 0.191 e. The van der Waals surface area contributed by atoms with Crippen molar-refractivity contribution < 1.29 is 9.84 Å². The van der Waals surface area contributed by atoms with E-state index in [1.54, 1.807) is 6.20 Å². The molecule has 30 heavy (non-hydrogen) atoms. The molecule has 3 rings (SSSR count). The summed E-state index contributed by atoms with van der Waals surface area (Å²) in [5.41, 5.74) is 2.82. The highest BCUT2D eigenvalue weighted by Gasteiger charge is 2.10. The standard InChI is InChI=1S/C24H30N4O2/c1-4-25-24(27-15-20-10-5-8-18-11-7-13-26-23(18)20)28-16-22(29)19-9-6-12-21(14-19)30-17(2)3/h5-14,17,22,29H,4,15-16H2,1-3H3,(H2,25,27,28). The Morgan fingerprint density at radius 2 is 1.90 bits per heavy atom. The number of rotatable bonds is 8. The van der Waals surface area contributed by atoms with Gasteiger partial charge in [-0.2, -0.15) is 0 Å². The number of ether oxygens (including phenoxy) is 1. The molecule has 0 fully saturated rings. The second-order valence-corrected chi connectivity index (χ2v) is 7.32. The van der Waals surface area contributed by atoms with Crippen LogP contribution in [0.15, 0.2) is 65.8 Å². The Kier molecular flexibility index (Phi) is 7.63. The first-order valence-electron chi connectivity index (χ1n) is 10.4. The van der Waals surface area contributed by atoms with Crippen molar-refractivity contribution in [3.63, 3.8) is 0 Å². The molecule has 0 radical (unpaired) electrons. The number of nitrogens with zero attached hydrogens (tertiary/aromatic N) is 2. The van der Waals surface area contributed by atoms with Crippen LogP contribution >= 0.6 is 0 Å². The van der Waals surface area contributed by atoms with E-state index in [0.29, 0.717) is 19.0 Å². The number of hydrogen-bond acceptors (Lipinski definition) is 4. The van der Waals surface area contributed by atoms with E-state index >= 15 is 0 Å². The van der Waals surface area contributed by atoms with Gasteiger partial charge in [0.15, 0.2) is 5.96 Å². The van der Waals surface area contributed by atoms with Gasteiger partial charge in [-0.05, 0) is 50.1 Å². The molecule has 3 N–H and O–H groups in total. The van der Waals surface area contributed by atoms with Crippen LogP contribution in [0.25, 0.3) is 10.9 Å².